The van der Waals surface area contributed by atoms with Gasteiger partial charge < -0.3 is 16.4 Å². The van der Waals surface area contributed by atoms with Crippen LogP contribution in [0.5, 0.6) is 0 Å². The summed E-state index contributed by atoms with van der Waals surface area (Å²) in [4.78, 5) is 25.3. The van der Waals surface area contributed by atoms with Crippen molar-refractivity contribution < 1.29 is 9.59 Å². The van der Waals surface area contributed by atoms with Gasteiger partial charge in [-0.2, -0.15) is 0 Å². The Labute approximate surface area is 120 Å². The molecular weight excluding hydrogens is 256 g/mol. The Bertz CT molecular complexity index is 398. The minimum absolute atomic E-state index is 0.138. The highest BCUT2D eigenvalue weighted by Crippen LogP contribution is 2.13. The maximum absolute atomic E-state index is 12.2. The number of terminal acetylenes is 1. The fourth-order valence-electron chi connectivity index (χ4n) is 2.37. The first kappa shape index (κ1) is 16.5. The van der Waals surface area contributed by atoms with Gasteiger partial charge in [-0.25, -0.2) is 0 Å². The van der Waals surface area contributed by atoms with E-state index in [4.69, 9.17) is 12.2 Å². The topological polar surface area (TPSA) is 87.5 Å². The van der Waals surface area contributed by atoms with Gasteiger partial charge in [-0.3, -0.25) is 14.5 Å². The van der Waals surface area contributed by atoms with Crippen LogP contribution in [0.25, 0.3) is 0 Å². The van der Waals surface area contributed by atoms with Crippen LogP contribution in [0.2, 0.25) is 0 Å². The van der Waals surface area contributed by atoms with Gasteiger partial charge in [0.15, 0.2) is 0 Å². The van der Waals surface area contributed by atoms with E-state index in [-0.39, 0.29) is 12.5 Å². The number of carbonyl (C=O) groups is 2. The van der Waals surface area contributed by atoms with Crippen molar-refractivity contribution in [3.8, 4) is 12.3 Å². The average molecular weight is 280 g/mol. The van der Waals surface area contributed by atoms with E-state index in [0.717, 1.165) is 6.54 Å². The Morgan fingerprint density at radius 2 is 2.15 bits per heavy atom. The standard InChI is InChI=1S/C14H24N4O2/c1-4-14(5-2,6-3)17-12(19)10-18-8-7-16-9-11(18)13(15)20/h1,11,16H,5-10H2,2-3H3,(H2,15,20)(H,17,19). The average Bonchev–Trinajstić information content (AvgIpc) is 2.45. The maximum Gasteiger partial charge on any atom is 0.236 e. The molecule has 0 spiro atoms. The van der Waals surface area contributed by atoms with Crippen molar-refractivity contribution in [2.75, 3.05) is 26.2 Å². The largest absolute Gasteiger partial charge is 0.368 e. The van der Waals surface area contributed by atoms with Crippen molar-refractivity contribution in [3.05, 3.63) is 0 Å². The van der Waals surface area contributed by atoms with Gasteiger partial charge in [0.2, 0.25) is 11.8 Å². The molecule has 112 valence electrons. The van der Waals surface area contributed by atoms with Crippen molar-refractivity contribution in [1.29, 1.82) is 0 Å². The maximum atomic E-state index is 12.2. The van der Waals surface area contributed by atoms with Crippen LogP contribution in [0.15, 0.2) is 0 Å². The molecule has 20 heavy (non-hydrogen) atoms. The van der Waals surface area contributed by atoms with Crippen LogP contribution in [0, 0.1) is 12.3 Å². The minimum atomic E-state index is -0.604. The van der Waals surface area contributed by atoms with E-state index in [1.165, 1.54) is 0 Å². The molecule has 1 atom stereocenters. The normalized spacial score (nSPS) is 20.1. The number of primary amides is 1. The summed E-state index contributed by atoms with van der Waals surface area (Å²) in [7, 11) is 0. The van der Waals surface area contributed by atoms with E-state index >= 15 is 0 Å². The summed E-state index contributed by atoms with van der Waals surface area (Å²) in [5.41, 5.74) is 4.75. The smallest absolute Gasteiger partial charge is 0.236 e. The number of nitrogens with one attached hydrogen (secondary N) is 2. The number of hydrogen-bond acceptors (Lipinski definition) is 4. The first-order chi connectivity index (χ1) is 9.48. The number of carbonyl (C=O) groups excluding carboxylic acids is 2. The van der Waals surface area contributed by atoms with Gasteiger partial charge in [0.05, 0.1) is 6.54 Å². The van der Waals surface area contributed by atoms with Crippen molar-refractivity contribution >= 4 is 11.8 Å². The SMILES string of the molecule is C#CC(CC)(CC)NC(=O)CN1CCNCC1C(N)=O. The van der Waals surface area contributed by atoms with E-state index in [9.17, 15) is 9.59 Å². The quantitative estimate of drug-likeness (QED) is 0.548. The molecule has 6 heteroatoms. The lowest BCUT2D eigenvalue weighted by atomic mass is 9.94. The molecule has 2 amide bonds. The highest BCUT2D eigenvalue weighted by molar-refractivity contribution is 5.83. The molecule has 1 heterocycles. The fraction of sp³-hybridized carbons (Fsp3) is 0.714. The monoisotopic (exact) mass is 280 g/mol. The fourth-order valence-corrected chi connectivity index (χ4v) is 2.37. The van der Waals surface area contributed by atoms with Crippen molar-refractivity contribution in [2.24, 2.45) is 5.73 Å². The zero-order valence-corrected chi connectivity index (χ0v) is 12.2. The Balaban J connectivity index is 2.65. The lowest BCUT2D eigenvalue weighted by molar-refractivity contribution is -0.128. The third-order valence-corrected chi connectivity index (χ3v) is 3.89. The van der Waals surface area contributed by atoms with Crippen LogP contribution in [-0.4, -0.2) is 54.5 Å². The van der Waals surface area contributed by atoms with Gasteiger partial charge in [0.25, 0.3) is 0 Å². The van der Waals surface area contributed by atoms with Crippen LogP contribution in [0.1, 0.15) is 26.7 Å². The minimum Gasteiger partial charge on any atom is -0.368 e. The second-order valence-electron chi connectivity index (χ2n) is 5.07. The molecule has 0 aromatic rings. The molecule has 6 nitrogen and oxygen atoms in total. The van der Waals surface area contributed by atoms with Crippen LogP contribution in [-0.2, 0) is 9.59 Å². The third kappa shape index (κ3) is 3.95. The van der Waals surface area contributed by atoms with Gasteiger partial charge in [-0.1, -0.05) is 19.8 Å². The highest BCUT2D eigenvalue weighted by Gasteiger charge is 2.31. The molecule has 4 N–H and O–H groups in total. The number of hydrogen-bond donors (Lipinski definition) is 3. The van der Waals surface area contributed by atoms with Gasteiger partial charge in [-0.05, 0) is 12.8 Å². The lowest BCUT2D eigenvalue weighted by Crippen LogP contribution is -2.60. The summed E-state index contributed by atoms with van der Waals surface area (Å²) in [6, 6.07) is -0.446. The first-order valence-corrected chi connectivity index (χ1v) is 7.01. The number of amides is 2. The Hall–Kier alpha value is -1.58. The number of piperazine rings is 1. The molecule has 1 saturated heterocycles. The van der Waals surface area contributed by atoms with Crippen LogP contribution >= 0.6 is 0 Å². The molecule has 0 bridgehead atoms. The van der Waals surface area contributed by atoms with Gasteiger partial charge in [0.1, 0.15) is 11.6 Å². The molecule has 0 aromatic heterocycles. The number of rotatable bonds is 6. The van der Waals surface area contributed by atoms with Gasteiger partial charge in [-0.15, -0.1) is 6.42 Å². The molecule has 1 fully saturated rings. The zero-order valence-electron chi connectivity index (χ0n) is 12.2. The summed E-state index contributed by atoms with van der Waals surface area (Å²) in [5.74, 6) is 2.08. The molecule has 1 aliphatic rings. The summed E-state index contributed by atoms with van der Waals surface area (Å²) >= 11 is 0. The summed E-state index contributed by atoms with van der Waals surface area (Å²) in [6.45, 7) is 5.85. The van der Waals surface area contributed by atoms with Crippen molar-refractivity contribution in [2.45, 2.75) is 38.3 Å². The molecule has 0 aromatic carbocycles. The Kier molecular flexibility index (Phi) is 5.99. The number of nitrogens with zero attached hydrogens (tertiary/aromatic N) is 1. The van der Waals surface area contributed by atoms with Gasteiger partial charge in [0, 0.05) is 19.6 Å². The highest BCUT2D eigenvalue weighted by atomic mass is 16.2. The zero-order chi connectivity index (χ0) is 15.2. The molecular formula is C14H24N4O2. The van der Waals surface area contributed by atoms with E-state index in [2.05, 4.69) is 16.6 Å². The van der Waals surface area contributed by atoms with Crippen LogP contribution < -0.4 is 16.4 Å². The summed E-state index contributed by atoms with van der Waals surface area (Å²) in [6.07, 6.45) is 6.87. The van der Waals surface area contributed by atoms with E-state index in [1.807, 2.05) is 13.8 Å². The second kappa shape index (κ2) is 7.27. The molecule has 0 saturated carbocycles. The van der Waals surface area contributed by atoms with Crippen LogP contribution in [0.3, 0.4) is 0 Å². The van der Waals surface area contributed by atoms with Crippen LogP contribution in [0.4, 0.5) is 0 Å². The second-order valence-corrected chi connectivity index (χ2v) is 5.07. The molecule has 0 radical (unpaired) electrons. The Morgan fingerprint density at radius 1 is 1.50 bits per heavy atom. The summed E-state index contributed by atoms with van der Waals surface area (Å²) in [5, 5.41) is 5.99. The predicted octanol–water partition coefficient (Wildman–Crippen LogP) is -0.946. The van der Waals surface area contributed by atoms with E-state index < -0.39 is 17.5 Å². The van der Waals surface area contributed by atoms with Gasteiger partial charge >= 0.3 is 0 Å². The first-order valence-electron chi connectivity index (χ1n) is 7.01. The molecule has 1 aliphatic heterocycles. The number of nitrogens with two attached hydrogens (primary N) is 1. The van der Waals surface area contributed by atoms with E-state index in [0.29, 0.717) is 25.9 Å². The lowest BCUT2D eigenvalue weighted by Gasteiger charge is -2.35. The molecule has 1 unspecified atom stereocenters. The molecule has 0 aliphatic carbocycles. The Morgan fingerprint density at radius 3 is 2.65 bits per heavy atom. The van der Waals surface area contributed by atoms with Crippen molar-refractivity contribution in [3.63, 3.8) is 0 Å². The summed E-state index contributed by atoms with van der Waals surface area (Å²) < 4.78 is 0. The predicted molar refractivity (Wildman–Crippen MR) is 77.7 cm³/mol. The third-order valence-electron chi connectivity index (χ3n) is 3.89. The van der Waals surface area contributed by atoms with Crippen molar-refractivity contribution in [1.82, 2.24) is 15.5 Å². The van der Waals surface area contributed by atoms with E-state index in [1.54, 1.807) is 4.90 Å². The molecule has 1 rings (SSSR count).